The highest BCUT2D eigenvalue weighted by Crippen LogP contribution is 2.26. The van der Waals surface area contributed by atoms with Gasteiger partial charge in [-0.1, -0.05) is 13.0 Å². The van der Waals surface area contributed by atoms with Crippen LogP contribution in [0.1, 0.15) is 18.1 Å². The quantitative estimate of drug-likeness (QED) is 0.546. The number of rotatable bonds is 7. The van der Waals surface area contributed by atoms with Gasteiger partial charge >= 0.3 is 0 Å². The molecule has 0 bridgehead atoms. The molecule has 0 saturated heterocycles. The number of nitrogens with one attached hydrogen (secondary N) is 1. The Morgan fingerprint density at radius 1 is 1.28 bits per heavy atom. The topological polar surface area (TPSA) is 80.2 Å². The number of hydrogen-bond acceptors (Lipinski definition) is 5. The molecule has 2 N–H and O–H groups in total. The Bertz CT molecular complexity index is 778. The van der Waals surface area contributed by atoms with Crippen LogP contribution in [-0.2, 0) is 11.2 Å². The Labute approximate surface area is 154 Å². The van der Waals surface area contributed by atoms with E-state index in [4.69, 9.17) is 9.47 Å². The molecule has 25 heavy (non-hydrogen) atoms. The molecule has 0 saturated carbocycles. The summed E-state index contributed by atoms with van der Waals surface area (Å²) in [5.74, 6) is 0.587. The number of aryl methyl sites for hydroxylation is 1. The number of ether oxygens (including phenoxy) is 2. The summed E-state index contributed by atoms with van der Waals surface area (Å²) in [6, 6.07) is 10.5. The van der Waals surface area contributed by atoms with Crippen molar-refractivity contribution in [2.24, 2.45) is 5.10 Å². The molecule has 1 amide bonds. The lowest BCUT2D eigenvalue weighted by Gasteiger charge is -2.08. The van der Waals surface area contributed by atoms with Gasteiger partial charge in [0.05, 0.1) is 17.8 Å². The fraction of sp³-hybridized carbons (Fsp3) is 0.222. The van der Waals surface area contributed by atoms with Gasteiger partial charge < -0.3 is 14.6 Å². The number of phenols is 1. The smallest absolute Gasteiger partial charge is 0.277 e. The summed E-state index contributed by atoms with van der Waals surface area (Å²) in [6.45, 7) is 1.91. The van der Waals surface area contributed by atoms with E-state index < -0.39 is 0 Å². The van der Waals surface area contributed by atoms with Crippen LogP contribution in [0.5, 0.6) is 17.2 Å². The number of carbonyl (C=O) groups is 1. The summed E-state index contributed by atoms with van der Waals surface area (Å²) in [6.07, 6.45) is 2.38. The predicted octanol–water partition coefficient (Wildman–Crippen LogP) is 3.25. The van der Waals surface area contributed by atoms with E-state index in [0.717, 1.165) is 10.9 Å². The largest absolute Gasteiger partial charge is 0.504 e. The first-order valence-corrected chi connectivity index (χ1v) is 8.43. The van der Waals surface area contributed by atoms with Crippen LogP contribution in [0.15, 0.2) is 46.0 Å². The zero-order valence-electron chi connectivity index (χ0n) is 14.0. The SMILES string of the molecule is CCc1ccc(OCC(=O)N/N=C/c2ccc(O)c(OC)c2)c(Br)c1. The van der Waals surface area contributed by atoms with Gasteiger partial charge in [0, 0.05) is 0 Å². The zero-order valence-corrected chi connectivity index (χ0v) is 15.5. The minimum Gasteiger partial charge on any atom is -0.504 e. The van der Waals surface area contributed by atoms with Crippen molar-refractivity contribution in [3.05, 3.63) is 52.0 Å². The van der Waals surface area contributed by atoms with Gasteiger partial charge in [0.25, 0.3) is 5.91 Å². The van der Waals surface area contributed by atoms with Crippen LogP contribution < -0.4 is 14.9 Å². The van der Waals surface area contributed by atoms with E-state index in [2.05, 4.69) is 33.4 Å². The second-order valence-electron chi connectivity index (χ2n) is 5.13. The molecule has 0 aromatic heterocycles. The number of hydrogen-bond donors (Lipinski definition) is 2. The van der Waals surface area contributed by atoms with Crippen LogP contribution in [0.25, 0.3) is 0 Å². The Morgan fingerprint density at radius 3 is 2.76 bits per heavy atom. The second-order valence-corrected chi connectivity index (χ2v) is 5.99. The summed E-state index contributed by atoms with van der Waals surface area (Å²) in [5, 5.41) is 13.4. The Morgan fingerprint density at radius 2 is 2.08 bits per heavy atom. The fourth-order valence-electron chi connectivity index (χ4n) is 2.01. The second kappa shape index (κ2) is 9.08. The van der Waals surface area contributed by atoms with E-state index in [1.54, 1.807) is 12.1 Å². The molecule has 0 heterocycles. The Kier molecular flexibility index (Phi) is 6.82. The Balaban J connectivity index is 1.86. The number of phenolic OH excluding ortho intramolecular Hbond substituents is 1. The van der Waals surface area contributed by atoms with E-state index in [0.29, 0.717) is 17.1 Å². The number of amides is 1. The number of hydrazone groups is 1. The predicted molar refractivity (Wildman–Crippen MR) is 99.4 cm³/mol. The van der Waals surface area contributed by atoms with Gasteiger partial charge in [-0.2, -0.15) is 5.10 Å². The van der Waals surface area contributed by atoms with Gasteiger partial charge in [-0.25, -0.2) is 5.43 Å². The van der Waals surface area contributed by atoms with Crippen LogP contribution in [-0.4, -0.2) is 30.9 Å². The molecule has 2 rings (SSSR count). The van der Waals surface area contributed by atoms with E-state index in [-0.39, 0.29) is 18.3 Å². The molecule has 0 aliphatic rings. The molecule has 0 unspecified atom stereocenters. The minimum absolute atomic E-state index is 0.0387. The summed E-state index contributed by atoms with van der Waals surface area (Å²) < 4.78 is 11.3. The van der Waals surface area contributed by atoms with Crippen molar-refractivity contribution in [1.82, 2.24) is 5.43 Å². The molecule has 0 spiro atoms. The first-order valence-electron chi connectivity index (χ1n) is 7.63. The van der Waals surface area contributed by atoms with Crippen LogP contribution >= 0.6 is 15.9 Å². The summed E-state index contributed by atoms with van der Waals surface area (Å²) in [7, 11) is 1.46. The third kappa shape index (κ3) is 5.49. The number of benzene rings is 2. The first kappa shape index (κ1) is 18.8. The highest BCUT2D eigenvalue weighted by molar-refractivity contribution is 9.10. The molecular formula is C18H19BrN2O4. The average Bonchev–Trinajstić information content (AvgIpc) is 2.62. The van der Waals surface area contributed by atoms with Crippen LogP contribution in [0.4, 0.5) is 0 Å². The summed E-state index contributed by atoms with van der Waals surface area (Å²) in [4.78, 5) is 11.8. The lowest BCUT2D eigenvalue weighted by Crippen LogP contribution is -2.24. The maximum Gasteiger partial charge on any atom is 0.277 e. The monoisotopic (exact) mass is 406 g/mol. The number of aromatic hydroxyl groups is 1. The van der Waals surface area contributed by atoms with E-state index in [9.17, 15) is 9.90 Å². The van der Waals surface area contributed by atoms with E-state index in [1.165, 1.54) is 25.0 Å². The maximum atomic E-state index is 11.8. The molecule has 0 radical (unpaired) electrons. The van der Waals surface area contributed by atoms with Crippen LogP contribution in [0, 0.1) is 0 Å². The van der Waals surface area contributed by atoms with Gasteiger partial charge in [-0.15, -0.1) is 0 Å². The highest BCUT2D eigenvalue weighted by Gasteiger charge is 2.06. The number of nitrogens with zero attached hydrogens (tertiary/aromatic N) is 1. The lowest BCUT2D eigenvalue weighted by atomic mass is 10.2. The number of halogens is 1. The van der Waals surface area contributed by atoms with Crippen molar-refractivity contribution in [2.75, 3.05) is 13.7 Å². The van der Waals surface area contributed by atoms with Crippen LogP contribution in [0.3, 0.4) is 0 Å². The number of methoxy groups -OCH3 is 1. The van der Waals surface area contributed by atoms with Crippen molar-refractivity contribution >= 4 is 28.1 Å². The van der Waals surface area contributed by atoms with Crippen LogP contribution in [0.2, 0.25) is 0 Å². The molecule has 0 aliphatic carbocycles. The maximum absolute atomic E-state index is 11.8. The molecule has 2 aromatic carbocycles. The number of carbonyl (C=O) groups excluding carboxylic acids is 1. The average molecular weight is 407 g/mol. The van der Waals surface area contributed by atoms with Crippen molar-refractivity contribution in [3.8, 4) is 17.2 Å². The van der Waals surface area contributed by atoms with Crippen molar-refractivity contribution in [3.63, 3.8) is 0 Å². The third-order valence-electron chi connectivity index (χ3n) is 3.37. The molecule has 0 aliphatic heterocycles. The third-order valence-corrected chi connectivity index (χ3v) is 3.99. The first-order chi connectivity index (χ1) is 12.0. The summed E-state index contributed by atoms with van der Waals surface area (Å²) in [5.41, 5.74) is 4.24. The molecular weight excluding hydrogens is 388 g/mol. The van der Waals surface area contributed by atoms with Gasteiger partial charge in [0.2, 0.25) is 0 Å². The van der Waals surface area contributed by atoms with E-state index >= 15 is 0 Å². The lowest BCUT2D eigenvalue weighted by molar-refractivity contribution is -0.123. The van der Waals surface area contributed by atoms with Crippen molar-refractivity contribution in [2.45, 2.75) is 13.3 Å². The van der Waals surface area contributed by atoms with Gasteiger partial charge in [0.1, 0.15) is 5.75 Å². The van der Waals surface area contributed by atoms with Crippen molar-refractivity contribution in [1.29, 1.82) is 0 Å². The zero-order chi connectivity index (χ0) is 18.2. The van der Waals surface area contributed by atoms with Gasteiger partial charge in [-0.3, -0.25) is 4.79 Å². The molecule has 132 valence electrons. The molecule has 0 atom stereocenters. The minimum atomic E-state index is -0.381. The molecule has 6 nitrogen and oxygen atoms in total. The Hall–Kier alpha value is -2.54. The molecule has 7 heteroatoms. The standard InChI is InChI=1S/C18H19BrN2O4/c1-3-12-5-7-16(14(19)8-12)25-11-18(23)21-20-10-13-4-6-15(22)17(9-13)24-2/h4-10,22H,3,11H2,1-2H3,(H,21,23)/b20-10+. The van der Waals surface area contributed by atoms with Gasteiger partial charge in [0.15, 0.2) is 18.1 Å². The van der Waals surface area contributed by atoms with Gasteiger partial charge in [-0.05, 0) is 63.8 Å². The fourth-order valence-corrected chi connectivity index (χ4v) is 2.55. The normalized spacial score (nSPS) is 10.7. The molecule has 0 fully saturated rings. The summed E-state index contributed by atoms with van der Waals surface area (Å²) >= 11 is 3.42. The van der Waals surface area contributed by atoms with Crippen molar-refractivity contribution < 1.29 is 19.4 Å². The van der Waals surface area contributed by atoms with E-state index in [1.807, 2.05) is 18.2 Å². The molecule has 2 aromatic rings. The highest BCUT2D eigenvalue weighted by atomic mass is 79.9.